The quantitative estimate of drug-likeness (QED) is 0.716. The average molecular weight is 298 g/mol. The lowest BCUT2D eigenvalue weighted by Crippen LogP contribution is -2.34. The number of carbonyl (C=O) groups excluding carboxylic acids is 1. The number of rotatable bonds is 8. The highest BCUT2D eigenvalue weighted by molar-refractivity contribution is 6.29. The molecular formula is C15H24ClN3O. The maximum atomic E-state index is 12.3. The van der Waals surface area contributed by atoms with Crippen LogP contribution < -0.4 is 10.6 Å². The van der Waals surface area contributed by atoms with Crippen LogP contribution in [0.4, 0.5) is 5.82 Å². The molecule has 0 aliphatic carbocycles. The monoisotopic (exact) mass is 297 g/mol. The molecule has 1 unspecified atom stereocenters. The molecule has 0 spiro atoms. The topological polar surface area (TPSA) is 54.0 Å². The molecule has 112 valence electrons. The van der Waals surface area contributed by atoms with Crippen LogP contribution >= 0.6 is 11.6 Å². The van der Waals surface area contributed by atoms with Gasteiger partial charge in [-0.05, 0) is 25.0 Å². The molecular weight excluding hydrogens is 274 g/mol. The Morgan fingerprint density at radius 2 is 2.05 bits per heavy atom. The Hall–Kier alpha value is -1.29. The predicted octanol–water partition coefficient (Wildman–Crippen LogP) is 3.87. The van der Waals surface area contributed by atoms with E-state index in [4.69, 9.17) is 11.6 Å². The van der Waals surface area contributed by atoms with Crippen LogP contribution in [0.3, 0.4) is 0 Å². The minimum Gasteiger partial charge on any atom is -0.373 e. The SMILES string of the molecule is CCCCC(CCC)NC(=O)c1cc(Cl)nc(NC)c1. The summed E-state index contributed by atoms with van der Waals surface area (Å²) in [5.41, 5.74) is 0.548. The molecule has 0 aromatic carbocycles. The summed E-state index contributed by atoms with van der Waals surface area (Å²) in [5, 5.41) is 6.32. The van der Waals surface area contributed by atoms with Crippen molar-refractivity contribution in [3.8, 4) is 0 Å². The average Bonchev–Trinajstić information content (AvgIpc) is 2.44. The number of halogens is 1. The number of unbranched alkanes of at least 4 members (excludes halogenated alkanes) is 1. The molecule has 0 fully saturated rings. The Kier molecular flexibility index (Phi) is 7.37. The van der Waals surface area contributed by atoms with Gasteiger partial charge in [-0.25, -0.2) is 4.98 Å². The Balaban J connectivity index is 2.74. The number of nitrogens with one attached hydrogen (secondary N) is 2. The van der Waals surface area contributed by atoms with Crippen molar-refractivity contribution in [1.82, 2.24) is 10.3 Å². The van der Waals surface area contributed by atoms with E-state index in [0.717, 1.165) is 32.1 Å². The van der Waals surface area contributed by atoms with Crippen LogP contribution in [0.2, 0.25) is 5.15 Å². The molecule has 1 atom stereocenters. The number of hydrogen-bond donors (Lipinski definition) is 2. The van der Waals surface area contributed by atoms with E-state index in [2.05, 4.69) is 29.5 Å². The molecule has 0 radical (unpaired) electrons. The fraction of sp³-hybridized carbons (Fsp3) is 0.600. The van der Waals surface area contributed by atoms with Gasteiger partial charge >= 0.3 is 0 Å². The third-order valence-corrected chi connectivity index (χ3v) is 3.38. The van der Waals surface area contributed by atoms with E-state index in [1.54, 1.807) is 19.2 Å². The molecule has 20 heavy (non-hydrogen) atoms. The minimum atomic E-state index is -0.0830. The Labute approximate surface area is 126 Å². The van der Waals surface area contributed by atoms with E-state index < -0.39 is 0 Å². The maximum absolute atomic E-state index is 12.3. The second-order valence-corrected chi connectivity index (χ2v) is 5.30. The summed E-state index contributed by atoms with van der Waals surface area (Å²) in [6, 6.07) is 3.54. The number of amides is 1. The highest BCUT2D eigenvalue weighted by Crippen LogP contribution is 2.15. The van der Waals surface area contributed by atoms with Crippen LogP contribution in [-0.2, 0) is 0 Å². The summed E-state index contributed by atoms with van der Waals surface area (Å²) in [7, 11) is 1.75. The summed E-state index contributed by atoms with van der Waals surface area (Å²) in [6.45, 7) is 4.29. The van der Waals surface area contributed by atoms with Crippen LogP contribution in [0.5, 0.6) is 0 Å². The van der Waals surface area contributed by atoms with Gasteiger partial charge in [0, 0.05) is 18.7 Å². The molecule has 1 amide bonds. The zero-order valence-corrected chi connectivity index (χ0v) is 13.3. The van der Waals surface area contributed by atoms with Crippen molar-refractivity contribution < 1.29 is 4.79 Å². The lowest BCUT2D eigenvalue weighted by molar-refractivity contribution is 0.0932. The fourth-order valence-electron chi connectivity index (χ4n) is 2.11. The molecule has 4 nitrogen and oxygen atoms in total. The molecule has 1 rings (SSSR count). The summed E-state index contributed by atoms with van der Waals surface area (Å²) < 4.78 is 0. The molecule has 0 bridgehead atoms. The number of nitrogens with zero attached hydrogens (tertiary/aromatic N) is 1. The molecule has 1 heterocycles. The first-order chi connectivity index (χ1) is 9.60. The minimum absolute atomic E-state index is 0.0830. The highest BCUT2D eigenvalue weighted by Gasteiger charge is 2.14. The lowest BCUT2D eigenvalue weighted by Gasteiger charge is -2.18. The number of hydrogen-bond acceptors (Lipinski definition) is 3. The molecule has 0 aliphatic heterocycles. The lowest BCUT2D eigenvalue weighted by atomic mass is 10.0. The number of carbonyl (C=O) groups is 1. The zero-order chi connectivity index (χ0) is 15.0. The summed E-state index contributed by atoms with van der Waals surface area (Å²) in [6.07, 6.45) is 5.36. The molecule has 0 saturated carbocycles. The summed E-state index contributed by atoms with van der Waals surface area (Å²) >= 11 is 5.92. The van der Waals surface area contributed by atoms with E-state index >= 15 is 0 Å². The van der Waals surface area contributed by atoms with Crippen LogP contribution in [0.25, 0.3) is 0 Å². The second-order valence-electron chi connectivity index (χ2n) is 4.92. The van der Waals surface area contributed by atoms with Gasteiger partial charge in [-0.1, -0.05) is 44.7 Å². The van der Waals surface area contributed by atoms with E-state index in [1.165, 1.54) is 0 Å². The third-order valence-electron chi connectivity index (χ3n) is 3.19. The Bertz CT molecular complexity index is 437. The van der Waals surface area contributed by atoms with Gasteiger partial charge in [-0.3, -0.25) is 4.79 Å². The normalized spacial score (nSPS) is 12.0. The summed E-state index contributed by atoms with van der Waals surface area (Å²) in [4.78, 5) is 16.4. The van der Waals surface area contributed by atoms with E-state index in [0.29, 0.717) is 16.5 Å². The Morgan fingerprint density at radius 3 is 2.65 bits per heavy atom. The molecule has 1 aromatic rings. The fourth-order valence-corrected chi connectivity index (χ4v) is 2.32. The molecule has 0 saturated heterocycles. The van der Waals surface area contributed by atoms with Crippen molar-refractivity contribution in [3.63, 3.8) is 0 Å². The van der Waals surface area contributed by atoms with Crippen molar-refractivity contribution in [2.24, 2.45) is 0 Å². The zero-order valence-electron chi connectivity index (χ0n) is 12.5. The first-order valence-corrected chi connectivity index (χ1v) is 7.64. The largest absolute Gasteiger partial charge is 0.373 e. The molecule has 2 N–H and O–H groups in total. The molecule has 1 aromatic heterocycles. The Morgan fingerprint density at radius 1 is 1.30 bits per heavy atom. The van der Waals surface area contributed by atoms with Gasteiger partial charge in [0.1, 0.15) is 11.0 Å². The third kappa shape index (κ3) is 5.37. The van der Waals surface area contributed by atoms with E-state index in [-0.39, 0.29) is 11.9 Å². The van der Waals surface area contributed by atoms with Crippen LogP contribution in [0.15, 0.2) is 12.1 Å². The van der Waals surface area contributed by atoms with Gasteiger partial charge in [0.2, 0.25) is 0 Å². The second kappa shape index (κ2) is 8.80. The van der Waals surface area contributed by atoms with Gasteiger partial charge in [0.15, 0.2) is 0 Å². The predicted molar refractivity (Wildman–Crippen MR) is 84.5 cm³/mol. The van der Waals surface area contributed by atoms with Crippen molar-refractivity contribution in [1.29, 1.82) is 0 Å². The van der Waals surface area contributed by atoms with Crippen molar-refractivity contribution in [3.05, 3.63) is 22.8 Å². The van der Waals surface area contributed by atoms with Crippen LogP contribution in [0, 0.1) is 0 Å². The van der Waals surface area contributed by atoms with Crippen molar-refractivity contribution >= 4 is 23.3 Å². The highest BCUT2D eigenvalue weighted by atomic mass is 35.5. The van der Waals surface area contributed by atoms with Gasteiger partial charge in [-0.15, -0.1) is 0 Å². The van der Waals surface area contributed by atoms with Gasteiger partial charge in [0.05, 0.1) is 0 Å². The van der Waals surface area contributed by atoms with Crippen molar-refractivity contribution in [2.75, 3.05) is 12.4 Å². The molecule has 0 aliphatic rings. The van der Waals surface area contributed by atoms with Gasteiger partial charge in [-0.2, -0.15) is 0 Å². The number of pyridine rings is 1. The van der Waals surface area contributed by atoms with Crippen LogP contribution in [-0.4, -0.2) is 24.0 Å². The first-order valence-electron chi connectivity index (χ1n) is 7.26. The number of aromatic nitrogens is 1. The first kappa shape index (κ1) is 16.8. The van der Waals surface area contributed by atoms with E-state index in [9.17, 15) is 4.79 Å². The van der Waals surface area contributed by atoms with Gasteiger partial charge < -0.3 is 10.6 Å². The van der Waals surface area contributed by atoms with E-state index in [1.807, 2.05) is 0 Å². The number of anilines is 1. The smallest absolute Gasteiger partial charge is 0.251 e. The van der Waals surface area contributed by atoms with Gasteiger partial charge in [0.25, 0.3) is 5.91 Å². The van der Waals surface area contributed by atoms with Crippen molar-refractivity contribution in [2.45, 2.75) is 52.0 Å². The molecule has 5 heteroatoms. The standard InChI is InChI=1S/C15H24ClN3O/c1-4-6-8-12(7-5-2)18-15(20)11-9-13(16)19-14(10-11)17-3/h9-10,12H,4-8H2,1-3H3,(H,17,19)(H,18,20). The summed E-state index contributed by atoms with van der Waals surface area (Å²) in [5.74, 6) is 0.517. The maximum Gasteiger partial charge on any atom is 0.251 e. The van der Waals surface area contributed by atoms with Crippen LogP contribution in [0.1, 0.15) is 56.3 Å².